The maximum Gasteiger partial charge on any atom is 0.165 e. The largest absolute Gasteiger partial charge is 0.497 e. The summed E-state index contributed by atoms with van der Waals surface area (Å²) in [4.78, 5) is 7.33. The summed E-state index contributed by atoms with van der Waals surface area (Å²) in [7, 11) is 3.35. The summed E-state index contributed by atoms with van der Waals surface area (Å²) in [5.41, 5.74) is 4.27. The molecular formula is C30H28Cl2N2O2S. The van der Waals surface area contributed by atoms with Gasteiger partial charge >= 0.3 is 0 Å². The number of benzene rings is 4. The Labute approximate surface area is 232 Å². The van der Waals surface area contributed by atoms with E-state index in [0.29, 0.717) is 23.1 Å². The summed E-state index contributed by atoms with van der Waals surface area (Å²) in [5, 5.41) is 1.87. The minimum atomic E-state index is 0.479. The number of methoxy groups -OCH3 is 2. The van der Waals surface area contributed by atoms with Gasteiger partial charge in [0.25, 0.3) is 0 Å². The van der Waals surface area contributed by atoms with Gasteiger partial charge in [-0.25, -0.2) is 4.99 Å². The first-order valence-corrected chi connectivity index (χ1v) is 13.5. The van der Waals surface area contributed by atoms with Crippen molar-refractivity contribution in [2.24, 2.45) is 4.99 Å². The van der Waals surface area contributed by atoms with E-state index in [1.165, 1.54) is 5.56 Å². The zero-order chi connectivity index (χ0) is 26.0. The molecule has 0 aliphatic carbocycles. The van der Waals surface area contributed by atoms with Gasteiger partial charge in [-0.2, -0.15) is 0 Å². The summed E-state index contributed by atoms with van der Waals surface area (Å²) in [5.74, 6) is 2.44. The Morgan fingerprint density at radius 1 is 0.703 bits per heavy atom. The van der Waals surface area contributed by atoms with Crippen molar-refractivity contribution in [1.29, 1.82) is 0 Å². The van der Waals surface area contributed by atoms with E-state index in [2.05, 4.69) is 53.4 Å². The fraction of sp³-hybridized carbons (Fsp3) is 0.167. The van der Waals surface area contributed by atoms with Gasteiger partial charge in [0, 0.05) is 18.8 Å². The van der Waals surface area contributed by atoms with E-state index >= 15 is 0 Å². The van der Waals surface area contributed by atoms with Crippen LogP contribution in [0.1, 0.15) is 16.7 Å². The van der Waals surface area contributed by atoms with Crippen molar-refractivity contribution in [1.82, 2.24) is 4.90 Å². The third-order valence-electron chi connectivity index (χ3n) is 5.67. The van der Waals surface area contributed by atoms with Crippen LogP contribution in [0.4, 0.5) is 5.69 Å². The van der Waals surface area contributed by atoms with Crippen LogP contribution in [-0.4, -0.2) is 24.3 Å². The Morgan fingerprint density at radius 3 is 1.78 bits per heavy atom. The number of aliphatic imine (C=N–C) groups is 1. The first-order chi connectivity index (χ1) is 18.0. The average Bonchev–Trinajstić information content (AvgIpc) is 2.94. The van der Waals surface area contributed by atoms with Crippen molar-refractivity contribution in [3.63, 3.8) is 0 Å². The van der Waals surface area contributed by atoms with Gasteiger partial charge in [-0.3, -0.25) is 0 Å². The van der Waals surface area contributed by atoms with Gasteiger partial charge in [-0.05, 0) is 59.2 Å². The Morgan fingerprint density at radius 2 is 1.27 bits per heavy atom. The van der Waals surface area contributed by atoms with Crippen molar-refractivity contribution in [2.75, 3.05) is 14.2 Å². The van der Waals surface area contributed by atoms with Crippen molar-refractivity contribution >= 4 is 45.8 Å². The molecule has 0 radical (unpaired) electrons. The van der Waals surface area contributed by atoms with Gasteiger partial charge in [0.1, 0.15) is 11.5 Å². The molecular weight excluding hydrogens is 523 g/mol. The Kier molecular flexibility index (Phi) is 9.78. The van der Waals surface area contributed by atoms with Crippen LogP contribution in [0.2, 0.25) is 10.0 Å². The highest BCUT2D eigenvalue weighted by Crippen LogP contribution is 2.30. The molecule has 4 rings (SSSR count). The lowest BCUT2D eigenvalue weighted by atomic mass is 10.1. The fourth-order valence-electron chi connectivity index (χ4n) is 3.68. The summed E-state index contributed by atoms with van der Waals surface area (Å²) >= 11 is 14.2. The normalized spacial score (nSPS) is 11.3. The highest BCUT2D eigenvalue weighted by molar-refractivity contribution is 8.13. The zero-order valence-electron chi connectivity index (χ0n) is 20.7. The quantitative estimate of drug-likeness (QED) is 0.154. The second-order valence-corrected chi connectivity index (χ2v) is 10.1. The van der Waals surface area contributed by atoms with E-state index in [0.717, 1.165) is 39.2 Å². The molecule has 0 N–H and O–H groups in total. The van der Waals surface area contributed by atoms with Gasteiger partial charge in [-0.15, -0.1) is 0 Å². The fourth-order valence-corrected chi connectivity index (χ4v) is 4.94. The van der Waals surface area contributed by atoms with E-state index in [9.17, 15) is 0 Å². The molecule has 37 heavy (non-hydrogen) atoms. The Bertz CT molecular complexity index is 1260. The number of rotatable bonds is 9. The van der Waals surface area contributed by atoms with Crippen molar-refractivity contribution in [3.05, 3.63) is 124 Å². The maximum atomic E-state index is 6.32. The van der Waals surface area contributed by atoms with E-state index < -0.39 is 0 Å². The van der Waals surface area contributed by atoms with Gasteiger partial charge in [-0.1, -0.05) is 89.6 Å². The number of amidine groups is 1. The molecule has 0 saturated heterocycles. The number of hydrogen-bond donors (Lipinski definition) is 0. The van der Waals surface area contributed by atoms with Gasteiger partial charge in [0.15, 0.2) is 5.17 Å². The zero-order valence-corrected chi connectivity index (χ0v) is 23.1. The predicted molar refractivity (Wildman–Crippen MR) is 157 cm³/mol. The molecule has 0 heterocycles. The van der Waals surface area contributed by atoms with Crippen LogP contribution >= 0.6 is 35.0 Å². The summed E-state index contributed by atoms with van der Waals surface area (Å²) < 4.78 is 10.7. The SMILES string of the molecule is COc1ccc(CN(Cc2ccc(OC)cc2)C(=Nc2ccc(Cl)c(Cl)c2)SCc2ccccc2)cc1. The van der Waals surface area contributed by atoms with Crippen LogP contribution in [0.25, 0.3) is 0 Å². The topological polar surface area (TPSA) is 34.1 Å². The molecule has 190 valence electrons. The second-order valence-electron chi connectivity index (χ2n) is 8.32. The molecule has 0 saturated carbocycles. The van der Waals surface area contributed by atoms with Crippen molar-refractivity contribution in [3.8, 4) is 11.5 Å². The number of halogens is 2. The molecule has 4 nitrogen and oxygen atoms in total. The highest BCUT2D eigenvalue weighted by Gasteiger charge is 2.16. The van der Waals surface area contributed by atoms with E-state index in [4.69, 9.17) is 37.7 Å². The summed E-state index contributed by atoms with van der Waals surface area (Å²) in [6.45, 7) is 1.33. The Balaban J connectivity index is 1.70. The molecule has 0 fully saturated rings. The molecule has 0 bridgehead atoms. The molecule has 0 aliphatic rings. The smallest absolute Gasteiger partial charge is 0.165 e. The lowest BCUT2D eigenvalue weighted by Crippen LogP contribution is -2.28. The monoisotopic (exact) mass is 550 g/mol. The van der Waals surface area contributed by atoms with E-state index in [1.54, 1.807) is 38.1 Å². The first-order valence-electron chi connectivity index (χ1n) is 11.8. The average molecular weight is 552 g/mol. The second kappa shape index (κ2) is 13.4. The maximum absolute atomic E-state index is 6.32. The molecule has 0 aliphatic heterocycles. The van der Waals surface area contributed by atoms with Gasteiger partial charge in [0.05, 0.1) is 30.0 Å². The van der Waals surface area contributed by atoms with E-state index in [1.807, 2.05) is 36.4 Å². The number of thioether (sulfide) groups is 1. The van der Waals surface area contributed by atoms with Gasteiger partial charge in [0.2, 0.25) is 0 Å². The molecule has 0 unspecified atom stereocenters. The van der Waals surface area contributed by atoms with Crippen LogP contribution in [0.5, 0.6) is 11.5 Å². The predicted octanol–water partition coefficient (Wildman–Crippen LogP) is 8.63. The molecule has 4 aromatic carbocycles. The van der Waals surface area contributed by atoms with Crippen molar-refractivity contribution < 1.29 is 9.47 Å². The van der Waals surface area contributed by atoms with Crippen LogP contribution < -0.4 is 9.47 Å². The summed E-state index contributed by atoms with van der Waals surface area (Å²) in [6.07, 6.45) is 0. The number of hydrogen-bond acceptors (Lipinski definition) is 4. The lowest BCUT2D eigenvalue weighted by molar-refractivity contribution is 0.405. The minimum absolute atomic E-state index is 0.479. The third kappa shape index (κ3) is 7.93. The van der Waals surface area contributed by atoms with Gasteiger partial charge < -0.3 is 14.4 Å². The molecule has 0 atom stereocenters. The Hall–Kier alpha value is -3.12. The lowest BCUT2D eigenvalue weighted by Gasteiger charge is -2.26. The highest BCUT2D eigenvalue weighted by atomic mass is 35.5. The number of ether oxygens (including phenoxy) is 2. The summed E-state index contributed by atoms with van der Waals surface area (Å²) in [6, 6.07) is 32.1. The molecule has 0 spiro atoms. The molecule has 7 heteroatoms. The van der Waals surface area contributed by atoms with Crippen LogP contribution in [0.3, 0.4) is 0 Å². The van der Waals surface area contributed by atoms with Crippen LogP contribution in [0.15, 0.2) is 102 Å². The minimum Gasteiger partial charge on any atom is -0.497 e. The first kappa shape index (κ1) is 26.9. The van der Waals surface area contributed by atoms with Crippen LogP contribution in [-0.2, 0) is 18.8 Å². The molecule has 0 amide bonds. The number of nitrogens with zero attached hydrogens (tertiary/aromatic N) is 2. The standard InChI is InChI=1S/C30H28Cl2N2O2S/c1-35-26-13-8-22(9-14-26)19-34(20-23-10-15-27(36-2)16-11-23)30(37-21-24-6-4-3-5-7-24)33-25-12-17-28(31)29(32)18-25/h3-18H,19-21H2,1-2H3. The van der Waals surface area contributed by atoms with Crippen LogP contribution in [0, 0.1) is 0 Å². The van der Waals surface area contributed by atoms with Crippen molar-refractivity contribution in [2.45, 2.75) is 18.8 Å². The van der Waals surface area contributed by atoms with E-state index in [-0.39, 0.29) is 0 Å². The third-order valence-corrected chi connectivity index (χ3v) is 7.50. The molecule has 4 aromatic rings. The molecule has 0 aromatic heterocycles.